The average Bonchev–Trinajstić information content (AvgIpc) is 3.50. The number of benzene rings is 1. The van der Waals surface area contributed by atoms with Gasteiger partial charge in [0.15, 0.2) is 5.82 Å². The molecule has 1 fully saturated rings. The highest BCUT2D eigenvalue weighted by molar-refractivity contribution is 5.64. The van der Waals surface area contributed by atoms with Crippen LogP contribution in [-0.4, -0.2) is 34.6 Å². The van der Waals surface area contributed by atoms with E-state index in [-0.39, 0.29) is 5.82 Å². The average molecular weight is 461 g/mol. The highest BCUT2D eigenvalue weighted by Gasteiger charge is 2.26. The van der Waals surface area contributed by atoms with Gasteiger partial charge in [-0.15, -0.1) is 0 Å². The molecule has 0 aliphatic heterocycles. The number of aliphatic hydroxyl groups is 1. The molecule has 34 heavy (non-hydrogen) atoms. The summed E-state index contributed by atoms with van der Waals surface area (Å²) in [5.41, 5.74) is 7.31. The molecular weight excluding hydrogens is 431 g/mol. The summed E-state index contributed by atoms with van der Waals surface area (Å²) in [5, 5.41) is 19.7. The molecule has 1 aliphatic carbocycles. The molecular formula is C26H29FN6O. The zero-order valence-corrected chi connectivity index (χ0v) is 20.0. The Balaban J connectivity index is 1.51. The van der Waals surface area contributed by atoms with Gasteiger partial charge in [-0.1, -0.05) is 0 Å². The Morgan fingerprint density at radius 3 is 2.47 bits per heavy atom. The molecule has 1 atom stereocenters. The van der Waals surface area contributed by atoms with Crippen molar-refractivity contribution in [1.29, 1.82) is 0 Å². The molecule has 7 nitrogen and oxygen atoms in total. The maximum atomic E-state index is 13.5. The number of aryl methyl sites for hydroxylation is 1. The Morgan fingerprint density at radius 1 is 1.09 bits per heavy atom. The number of aromatic nitrogens is 6. The van der Waals surface area contributed by atoms with Gasteiger partial charge in [0, 0.05) is 41.5 Å². The molecule has 3 aromatic heterocycles. The van der Waals surface area contributed by atoms with Crippen LogP contribution in [0.25, 0.3) is 17.1 Å². The van der Waals surface area contributed by atoms with Crippen LogP contribution in [0.15, 0.2) is 36.7 Å². The molecule has 0 spiro atoms. The maximum Gasteiger partial charge on any atom is 0.157 e. The van der Waals surface area contributed by atoms with Gasteiger partial charge in [0.2, 0.25) is 0 Å². The number of rotatable bonds is 7. The molecule has 0 radical (unpaired) electrons. The molecule has 1 aliphatic rings. The van der Waals surface area contributed by atoms with Gasteiger partial charge in [-0.3, -0.25) is 4.68 Å². The van der Waals surface area contributed by atoms with Crippen molar-refractivity contribution in [3.63, 3.8) is 0 Å². The topological polar surface area (TPSA) is 81.7 Å². The van der Waals surface area contributed by atoms with E-state index in [0.717, 1.165) is 51.7 Å². The van der Waals surface area contributed by atoms with Gasteiger partial charge in [-0.25, -0.2) is 19.0 Å². The van der Waals surface area contributed by atoms with Crippen LogP contribution in [0.2, 0.25) is 0 Å². The van der Waals surface area contributed by atoms with Gasteiger partial charge in [-0.2, -0.15) is 10.2 Å². The van der Waals surface area contributed by atoms with Crippen molar-refractivity contribution in [2.75, 3.05) is 0 Å². The van der Waals surface area contributed by atoms with Crippen molar-refractivity contribution in [1.82, 2.24) is 29.5 Å². The number of aliphatic hydroxyl groups excluding tert-OH is 1. The first-order chi connectivity index (χ1) is 16.3. The third-order valence-corrected chi connectivity index (χ3v) is 6.61. The first-order valence-electron chi connectivity index (χ1n) is 11.7. The lowest BCUT2D eigenvalue weighted by atomic mass is 10.0. The van der Waals surface area contributed by atoms with Crippen LogP contribution in [0.3, 0.4) is 0 Å². The minimum atomic E-state index is -0.598. The largest absolute Gasteiger partial charge is 0.389 e. The Kier molecular flexibility index (Phi) is 5.77. The first kappa shape index (κ1) is 22.4. The third-order valence-electron chi connectivity index (χ3n) is 6.61. The van der Waals surface area contributed by atoms with Crippen molar-refractivity contribution in [3.8, 4) is 17.1 Å². The van der Waals surface area contributed by atoms with Crippen molar-refractivity contribution in [2.24, 2.45) is 5.92 Å². The van der Waals surface area contributed by atoms with Crippen molar-refractivity contribution in [2.45, 2.75) is 59.6 Å². The van der Waals surface area contributed by atoms with Crippen LogP contribution < -0.4 is 0 Å². The monoisotopic (exact) mass is 460 g/mol. The lowest BCUT2D eigenvalue weighted by Crippen LogP contribution is -2.10. The van der Waals surface area contributed by atoms with Gasteiger partial charge in [0.05, 0.1) is 23.2 Å². The number of hydrogen-bond acceptors (Lipinski definition) is 5. The standard InChI is InChI=1S/C26H29FN6O/c1-15-23(32(13-19-5-6-19)31-26(15)20-7-9-21(27)10-8-20)11-22-12-24(29-14-28-22)33-17(3)25(18(4)34)16(2)30-33/h7-10,12,14,18-19,34H,5-6,11,13H2,1-4H3. The van der Waals surface area contributed by atoms with E-state index >= 15 is 0 Å². The fourth-order valence-corrected chi connectivity index (χ4v) is 4.64. The smallest absolute Gasteiger partial charge is 0.157 e. The van der Waals surface area contributed by atoms with E-state index in [9.17, 15) is 9.50 Å². The predicted molar refractivity (Wildman–Crippen MR) is 127 cm³/mol. The van der Waals surface area contributed by atoms with E-state index in [2.05, 4.69) is 26.7 Å². The quantitative estimate of drug-likeness (QED) is 0.434. The second-order valence-corrected chi connectivity index (χ2v) is 9.27. The van der Waals surface area contributed by atoms with E-state index in [1.54, 1.807) is 30.1 Å². The molecule has 1 unspecified atom stereocenters. The number of hydrogen-bond donors (Lipinski definition) is 1. The molecule has 3 heterocycles. The molecule has 8 heteroatoms. The van der Waals surface area contributed by atoms with Gasteiger partial charge < -0.3 is 5.11 Å². The second kappa shape index (κ2) is 8.76. The molecule has 176 valence electrons. The molecule has 1 aromatic carbocycles. The lowest BCUT2D eigenvalue weighted by Gasteiger charge is -2.10. The van der Waals surface area contributed by atoms with E-state index in [4.69, 9.17) is 5.10 Å². The predicted octanol–water partition coefficient (Wildman–Crippen LogP) is 4.64. The summed E-state index contributed by atoms with van der Waals surface area (Å²) in [6.45, 7) is 8.53. The van der Waals surface area contributed by atoms with Gasteiger partial charge in [-0.05, 0) is 76.3 Å². The summed E-state index contributed by atoms with van der Waals surface area (Å²) >= 11 is 0. The van der Waals surface area contributed by atoms with Crippen LogP contribution >= 0.6 is 0 Å². The molecule has 0 bridgehead atoms. The molecule has 4 aromatic rings. The molecule has 5 rings (SSSR count). The normalized spacial score (nSPS) is 14.5. The van der Waals surface area contributed by atoms with E-state index in [1.807, 2.05) is 19.9 Å². The van der Waals surface area contributed by atoms with Gasteiger partial charge in [0.1, 0.15) is 12.1 Å². The Hall–Kier alpha value is -3.39. The van der Waals surface area contributed by atoms with Crippen LogP contribution in [0.4, 0.5) is 4.39 Å². The van der Waals surface area contributed by atoms with E-state index in [1.165, 1.54) is 25.0 Å². The molecule has 1 N–H and O–H groups in total. The third kappa shape index (κ3) is 4.25. The van der Waals surface area contributed by atoms with Crippen molar-refractivity contribution in [3.05, 3.63) is 76.4 Å². The van der Waals surface area contributed by atoms with Crippen LogP contribution in [-0.2, 0) is 13.0 Å². The first-order valence-corrected chi connectivity index (χ1v) is 11.7. The summed E-state index contributed by atoms with van der Waals surface area (Å²) in [7, 11) is 0. The molecule has 0 saturated heterocycles. The summed E-state index contributed by atoms with van der Waals surface area (Å²) in [6.07, 6.45) is 4.02. The summed E-state index contributed by atoms with van der Waals surface area (Å²) in [4.78, 5) is 8.97. The second-order valence-electron chi connectivity index (χ2n) is 9.27. The van der Waals surface area contributed by atoms with Crippen molar-refractivity contribution >= 4 is 0 Å². The minimum absolute atomic E-state index is 0.254. The molecule has 0 amide bonds. The zero-order chi connectivity index (χ0) is 24.0. The Bertz CT molecular complexity index is 1330. The van der Waals surface area contributed by atoms with Crippen LogP contribution in [0, 0.1) is 32.5 Å². The fraction of sp³-hybridized carbons (Fsp3) is 0.385. The SMILES string of the molecule is Cc1nn(-c2cc(Cc3c(C)c(-c4ccc(F)cc4)nn3CC3CC3)ncn2)c(C)c1C(C)O. The van der Waals surface area contributed by atoms with Crippen LogP contribution in [0.5, 0.6) is 0 Å². The lowest BCUT2D eigenvalue weighted by molar-refractivity contribution is 0.197. The maximum absolute atomic E-state index is 13.5. The number of nitrogens with zero attached hydrogens (tertiary/aromatic N) is 6. The fourth-order valence-electron chi connectivity index (χ4n) is 4.64. The highest BCUT2D eigenvalue weighted by Crippen LogP contribution is 2.33. The Labute approximate surface area is 198 Å². The summed E-state index contributed by atoms with van der Waals surface area (Å²) in [5.74, 6) is 1.08. The van der Waals surface area contributed by atoms with Gasteiger partial charge in [0.25, 0.3) is 0 Å². The minimum Gasteiger partial charge on any atom is -0.389 e. The number of halogens is 1. The zero-order valence-electron chi connectivity index (χ0n) is 20.0. The highest BCUT2D eigenvalue weighted by atomic mass is 19.1. The molecule has 1 saturated carbocycles. The summed E-state index contributed by atoms with van der Waals surface area (Å²) < 4.78 is 17.3. The van der Waals surface area contributed by atoms with E-state index < -0.39 is 6.10 Å². The van der Waals surface area contributed by atoms with Crippen LogP contribution in [0.1, 0.15) is 59.8 Å². The Morgan fingerprint density at radius 2 is 1.82 bits per heavy atom. The summed E-state index contributed by atoms with van der Waals surface area (Å²) in [6, 6.07) is 8.45. The van der Waals surface area contributed by atoms with Gasteiger partial charge >= 0.3 is 0 Å². The van der Waals surface area contributed by atoms with E-state index in [0.29, 0.717) is 18.2 Å². The van der Waals surface area contributed by atoms with Crippen molar-refractivity contribution < 1.29 is 9.50 Å².